The van der Waals surface area contributed by atoms with Crippen LogP contribution in [0, 0.1) is 5.92 Å². The highest BCUT2D eigenvalue weighted by Crippen LogP contribution is 2.19. The molecule has 1 rings (SSSR count). The SMILES string of the molecule is CCOCC(COc1ccccc1)C(C)(C)O. The van der Waals surface area contributed by atoms with Crippen molar-refractivity contribution in [3.05, 3.63) is 30.3 Å². The normalized spacial score (nSPS) is 13.4. The van der Waals surface area contributed by atoms with Gasteiger partial charge in [-0.1, -0.05) is 18.2 Å². The standard InChI is InChI=1S/C14H22O3/c1-4-16-10-12(14(2,3)15)11-17-13-8-6-5-7-9-13/h5-9,12,15H,4,10-11H2,1-3H3. The molecular formula is C14H22O3. The van der Waals surface area contributed by atoms with E-state index >= 15 is 0 Å². The summed E-state index contributed by atoms with van der Waals surface area (Å²) < 4.78 is 11.0. The van der Waals surface area contributed by atoms with Gasteiger partial charge >= 0.3 is 0 Å². The molecule has 0 aromatic heterocycles. The maximum absolute atomic E-state index is 10.0. The quantitative estimate of drug-likeness (QED) is 0.793. The van der Waals surface area contributed by atoms with Crippen molar-refractivity contribution in [3.8, 4) is 5.75 Å². The Morgan fingerprint density at radius 3 is 2.35 bits per heavy atom. The van der Waals surface area contributed by atoms with Gasteiger partial charge in [0.1, 0.15) is 5.75 Å². The zero-order chi connectivity index (χ0) is 12.7. The number of benzene rings is 1. The van der Waals surface area contributed by atoms with E-state index in [9.17, 15) is 5.11 Å². The van der Waals surface area contributed by atoms with Crippen LogP contribution in [0.2, 0.25) is 0 Å². The summed E-state index contributed by atoms with van der Waals surface area (Å²) in [5.41, 5.74) is -0.802. The van der Waals surface area contributed by atoms with Crippen LogP contribution in [0.5, 0.6) is 5.75 Å². The summed E-state index contributed by atoms with van der Waals surface area (Å²) in [6, 6.07) is 9.61. The van der Waals surface area contributed by atoms with Crippen LogP contribution in [0.1, 0.15) is 20.8 Å². The van der Waals surface area contributed by atoms with Crippen molar-refractivity contribution in [3.63, 3.8) is 0 Å². The summed E-state index contributed by atoms with van der Waals surface area (Å²) in [5.74, 6) is 0.779. The lowest BCUT2D eigenvalue weighted by atomic mass is 9.92. The minimum atomic E-state index is -0.802. The first-order valence-electron chi connectivity index (χ1n) is 6.02. The van der Waals surface area contributed by atoms with E-state index in [-0.39, 0.29) is 5.92 Å². The second kappa shape index (κ2) is 6.62. The van der Waals surface area contributed by atoms with Gasteiger partial charge in [0.2, 0.25) is 0 Å². The van der Waals surface area contributed by atoms with E-state index in [1.54, 1.807) is 13.8 Å². The van der Waals surface area contributed by atoms with Gasteiger partial charge in [-0.2, -0.15) is 0 Å². The Morgan fingerprint density at radius 2 is 1.82 bits per heavy atom. The Hall–Kier alpha value is -1.06. The van der Waals surface area contributed by atoms with Gasteiger partial charge in [0.05, 0.1) is 18.8 Å². The Bertz CT molecular complexity index is 303. The minimum absolute atomic E-state index is 0.0392. The number of rotatable bonds is 7. The van der Waals surface area contributed by atoms with E-state index in [1.165, 1.54) is 0 Å². The van der Waals surface area contributed by atoms with Gasteiger partial charge in [-0.3, -0.25) is 0 Å². The van der Waals surface area contributed by atoms with Crippen LogP contribution >= 0.6 is 0 Å². The molecule has 1 unspecified atom stereocenters. The lowest BCUT2D eigenvalue weighted by molar-refractivity contribution is -0.0441. The zero-order valence-corrected chi connectivity index (χ0v) is 10.8. The van der Waals surface area contributed by atoms with Gasteiger partial charge in [0.25, 0.3) is 0 Å². The molecular weight excluding hydrogens is 216 g/mol. The zero-order valence-electron chi connectivity index (χ0n) is 10.8. The van der Waals surface area contributed by atoms with Crippen LogP contribution in [0.25, 0.3) is 0 Å². The first-order chi connectivity index (χ1) is 8.04. The molecule has 3 nitrogen and oxygen atoms in total. The van der Waals surface area contributed by atoms with Gasteiger partial charge in [0, 0.05) is 12.5 Å². The molecule has 0 radical (unpaired) electrons. The third-order valence-electron chi connectivity index (χ3n) is 2.72. The third-order valence-corrected chi connectivity index (χ3v) is 2.72. The lowest BCUT2D eigenvalue weighted by Gasteiger charge is -2.28. The van der Waals surface area contributed by atoms with Crippen molar-refractivity contribution < 1.29 is 14.6 Å². The molecule has 1 aromatic rings. The first-order valence-corrected chi connectivity index (χ1v) is 6.02. The van der Waals surface area contributed by atoms with E-state index in [4.69, 9.17) is 9.47 Å². The Labute approximate surface area is 103 Å². The van der Waals surface area contributed by atoms with Crippen molar-refractivity contribution in [1.82, 2.24) is 0 Å². The molecule has 17 heavy (non-hydrogen) atoms. The molecule has 0 aliphatic heterocycles. The highest BCUT2D eigenvalue weighted by Gasteiger charge is 2.27. The van der Waals surface area contributed by atoms with Gasteiger partial charge < -0.3 is 14.6 Å². The van der Waals surface area contributed by atoms with E-state index in [0.717, 1.165) is 5.75 Å². The van der Waals surface area contributed by atoms with Crippen molar-refractivity contribution in [2.45, 2.75) is 26.4 Å². The topological polar surface area (TPSA) is 38.7 Å². The Balaban J connectivity index is 2.49. The number of para-hydroxylation sites is 1. The average Bonchev–Trinajstić information content (AvgIpc) is 2.29. The van der Waals surface area contributed by atoms with Gasteiger partial charge in [-0.05, 0) is 32.9 Å². The van der Waals surface area contributed by atoms with Crippen LogP contribution in [0.15, 0.2) is 30.3 Å². The highest BCUT2D eigenvalue weighted by molar-refractivity contribution is 5.20. The summed E-state index contributed by atoms with van der Waals surface area (Å²) in [5, 5.41) is 10.0. The van der Waals surface area contributed by atoms with Crippen LogP contribution in [0.3, 0.4) is 0 Å². The summed E-state index contributed by atoms with van der Waals surface area (Å²) >= 11 is 0. The fraction of sp³-hybridized carbons (Fsp3) is 0.571. The number of hydrogen-bond donors (Lipinski definition) is 1. The molecule has 0 aliphatic carbocycles. The Morgan fingerprint density at radius 1 is 1.18 bits per heavy atom. The molecule has 0 aliphatic rings. The average molecular weight is 238 g/mol. The largest absolute Gasteiger partial charge is 0.493 e. The molecule has 0 saturated carbocycles. The summed E-state index contributed by atoms with van der Waals surface area (Å²) in [6.07, 6.45) is 0. The van der Waals surface area contributed by atoms with E-state index in [1.807, 2.05) is 37.3 Å². The summed E-state index contributed by atoms with van der Waals surface area (Å²) in [4.78, 5) is 0. The highest BCUT2D eigenvalue weighted by atomic mass is 16.5. The predicted molar refractivity (Wildman–Crippen MR) is 68.2 cm³/mol. The van der Waals surface area contributed by atoms with Crippen molar-refractivity contribution in [2.24, 2.45) is 5.92 Å². The van der Waals surface area contributed by atoms with Gasteiger partial charge in [0.15, 0.2) is 0 Å². The van der Waals surface area contributed by atoms with Gasteiger partial charge in [-0.15, -0.1) is 0 Å². The molecule has 1 aromatic carbocycles. The monoisotopic (exact) mass is 238 g/mol. The molecule has 1 N–H and O–H groups in total. The predicted octanol–water partition coefficient (Wildman–Crippen LogP) is 2.49. The molecule has 3 heteroatoms. The summed E-state index contributed by atoms with van der Waals surface area (Å²) in [6.45, 7) is 7.12. The Kier molecular flexibility index (Phi) is 5.45. The van der Waals surface area contributed by atoms with Crippen LogP contribution < -0.4 is 4.74 Å². The first kappa shape index (κ1) is 14.0. The second-order valence-corrected chi connectivity index (χ2v) is 4.63. The minimum Gasteiger partial charge on any atom is -0.493 e. The number of aliphatic hydroxyl groups is 1. The van der Waals surface area contributed by atoms with Crippen molar-refractivity contribution in [1.29, 1.82) is 0 Å². The number of ether oxygens (including phenoxy) is 2. The van der Waals surface area contributed by atoms with Crippen molar-refractivity contribution in [2.75, 3.05) is 19.8 Å². The van der Waals surface area contributed by atoms with Crippen LogP contribution in [-0.4, -0.2) is 30.5 Å². The number of hydrogen-bond acceptors (Lipinski definition) is 3. The molecule has 0 bridgehead atoms. The molecule has 0 heterocycles. The molecule has 96 valence electrons. The van der Waals surface area contributed by atoms with E-state index in [0.29, 0.717) is 19.8 Å². The molecule has 0 amide bonds. The van der Waals surface area contributed by atoms with Crippen LogP contribution in [-0.2, 0) is 4.74 Å². The molecule has 0 saturated heterocycles. The third kappa shape index (κ3) is 5.20. The fourth-order valence-corrected chi connectivity index (χ4v) is 1.43. The molecule has 0 spiro atoms. The van der Waals surface area contributed by atoms with E-state index < -0.39 is 5.60 Å². The second-order valence-electron chi connectivity index (χ2n) is 4.63. The molecule has 0 fully saturated rings. The van der Waals surface area contributed by atoms with Crippen LogP contribution in [0.4, 0.5) is 0 Å². The van der Waals surface area contributed by atoms with E-state index in [2.05, 4.69) is 0 Å². The smallest absolute Gasteiger partial charge is 0.119 e. The summed E-state index contributed by atoms with van der Waals surface area (Å²) in [7, 11) is 0. The van der Waals surface area contributed by atoms with Crippen molar-refractivity contribution >= 4 is 0 Å². The fourth-order valence-electron chi connectivity index (χ4n) is 1.43. The maximum atomic E-state index is 10.0. The van der Waals surface area contributed by atoms with Gasteiger partial charge in [-0.25, -0.2) is 0 Å². The maximum Gasteiger partial charge on any atom is 0.119 e. The lowest BCUT2D eigenvalue weighted by Crippen LogP contribution is -2.38. The molecule has 1 atom stereocenters.